The molecule has 0 amide bonds. The van der Waals surface area contributed by atoms with Gasteiger partial charge >= 0.3 is 5.97 Å². The zero-order valence-corrected chi connectivity index (χ0v) is 9.24. The highest BCUT2D eigenvalue weighted by molar-refractivity contribution is 5.71. The van der Waals surface area contributed by atoms with E-state index in [1.54, 1.807) is 0 Å². The average Bonchev–Trinajstić information content (AvgIpc) is 1.97. The summed E-state index contributed by atoms with van der Waals surface area (Å²) in [4.78, 5) is 13.0. The van der Waals surface area contributed by atoms with Crippen LogP contribution in [0.4, 0.5) is 0 Å². The first kappa shape index (κ1) is 12.4. The maximum atomic E-state index is 11.0. The molecule has 78 valence electrons. The lowest BCUT2D eigenvalue weighted by molar-refractivity contribution is -0.145. The van der Waals surface area contributed by atoms with Gasteiger partial charge in [0.1, 0.15) is 0 Å². The zero-order chi connectivity index (χ0) is 10.6. The van der Waals surface area contributed by atoms with Gasteiger partial charge in [0.25, 0.3) is 0 Å². The van der Waals surface area contributed by atoms with E-state index in [2.05, 4.69) is 0 Å². The van der Waals surface area contributed by atoms with Crippen molar-refractivity contribution in [2.45, 2.75) is 33.2 Å². The molecule has 0 saturated heterocycles. The topological polar surface area (TPSA) is 40.5 Å². The molecule has 0 bridgehead atoms. The summed E-state index contributed by atoms with van der Waals surface area (Å²) < 4.78 is 0. The Morgan fingerprint density at radius 3 is 1.92 bits per heavy atom. The second kappa shape index (κ2) is 5.22. The maximum Gasteiger partial charge on any atom is 0.308 e. The second-order valence-corrected chi connectivity index (χ2v) is 4.05. The SMILES string of the molecule is CCC(C(C(=O)O)C(C)C)N(C)C. The monoisotopic (exact) mass is 187 g/mol. The molecule has 0 spiro atoms. The Balaban J connectivity index is 4.59. The summed E-state index contributed by atoms with van der Waals surface area (Å²) in [5, 5.41) is 9.07. The smallest absolute Gasteiger partial charge is 0.308 e. The van der Waals surface area contributed by atoms with Crippen LogP contribution in [0.3, 0.4) is 0 Å². The first-order valence-corrected chi connectivity index (χ1v) is 4.81. The fourth-order valence-electron chi connectivity index (χ4n) is 1.83. The minimum absolute atomic E-state index is 0.137. The average molecular weight is 187 g/mol. The van der Waals surface area contributed by atoms with Crippen LogP contribution in [-0.4, -0.2) is 36.1 Å². The van der Waals surface area contributed by atoms with Gasteiger partial charge in [0, 0.05) is 6.04 Å². The number of nitrogens with zero attached hydrogens (tertiary/aromatic N) is 1. The highest BCUT2D eigenvalue weighted by Crippen LogP contribution is 2.21. The van der Waals surface area contributed by atoms with Gasteiger partial charge in [-0.2, -0.15) is 0 Å². The fourth-order valence-corrected chi connectivity index (χ4v) is 1.83. The Morgan fingerprint density at radius 2 is 1.85 bits per heavy atom. The molecule has 2 unspecified atom stereocenters. The normalized spacial score (nSPS) is 16.2. The van der Waals surface area contributed by atoms with E-state index in [1.165, 1.54) is 0 Å². The fraction of sp³-hybridized carbons (Fsp3) is 0.900. The minimum Gasteiger partial charge on any atom is -0.481 e. The van der Waals surface area contributed by atoms with Crippen LogP contribution in [0.5, 0.6) is 0 Å². The van der Waals surface area contributed by atoms with E-state index in [0.29, 0.717) is 0 Å². The summed E-state index contributed by atoms with van der Waals surface area (Å²) in [5.41, 5.74) is 0. The summed E-state index contributed by atoms with van der Waals surface area (Å²) in [5.74, 6) is -0.764. The van der Waals surface area contributed by atoms with Crippen molar-refractivity contribution < 1.29 is 9.90 Å². The van der Waals surface area contributed by atoms with E-state index in [-0.39, 0.29) is 17.9 Å². The predicted molar refractivity (Wildman–Crippen MR) is 53.7 cm³/mol. The zero-order valence-electron chi connectivity index (χ0n) is 9.24. The van der Waals surface area contributed by atoms with Crippen molar-refractivity contribution in [3.63, 3.8) is 0 Å². The Kier molecular flexibility index (Phi) is 4.99. The van der Waals surface area contributed by atoms with Crippen LogP contribution in [0.1, 0.15) is 27.2 Å². The van der Waals surface area contributed by atoms with E-state index in [0.717, 1.165) is 6.42 Å². The Labute approximate surface area is 80.7 Å². The first-order chi connectivity index (χ1) is 5.91. The molecule has 0 aromatic carbocycles. The van der Waals surface area contributed by atoms with Gasteiger partial charge in [-0.25, -0.2) is 0 Å². The van der Waals surface area contributed by atoms with Gasteiger partial charge in [0.15, 0.2) is 0 Å². The van der Waals surface area contributed by atoms with E-state index >= 15 is 0 Å². The molecule has 0 radical (unpaired) electrons. The van der Waals surface area contributed by atoms with Gasteiger partial charge in [-0.05, 0) is 26.4 Å². The summed E-state index contributed by atoms with van der Waals surface area (Å²) in [6.45, 7) is 5.96. The van der Waals surface area contributed by atoms with Gasteiger partial charge in [0.2, 0.25) is 0 Å². The van der Waals surface area contributed by atoms with E-state index < -0.39 is 5.97 Å². The quantitative estimate of drug-likeness (QED) is 0.712. The van der Waals surface area contributed by atoms with E-state index in [4.69, 9.17) is 5.11 Å². The molecule has 0 fully saturated rings. The third-order valence-corrected chi connectivity index (χ3v) is 2.50. The minimum atomic E-state index is -0.685. The number of carboxylic acids is 1. The summed E-state index contributed by atoms with van der Waals surface area (Å²) in [6, 6.07) is 0.137. The number of aliphatic carboxylic acids is 1. The molecule has 0 aliphatic carbocycles. The lowest BCUT2D eigenvalue weighted by atomic mass is 9.86. The summed E-state index contributed by atoms with van der Waals surface area (Å²) >= 11 is 0. The third-order valence-electron chi connectivity index (χ3n) is 2.50. The number of hydrogen-bond donors (Lipinski definition) is 1. The second-order valence-electron chi connectivity index (χ2n) is 4.05. The van der Waals surface area contributed by atoms with Crippen LogP contribution in [0.25, 0.3) is 0 Å². The van der Waals surface area contributed by atoms with Crippen molar-refractivity contribution in [1.82, 2.24) is 4.90 Å². The van der Waals surface area contributed by atoms with Gasteiger partial charge in [-0.1, -0.05) is 20.8 Å². The molecule has 0 aliphatic heterocycles. The lowest BCUT2D eigenvalue weighted by Crippen LogP contribution is -2.41. The Bertz CT molecular complexity index is 166. The first-order valence-electron chi connectivity index (χ1n) is 4.81. The molecule has 0 heterocycles. The van der Waals surface area contributed by atoms with Crippen molar-refractivity contribution in [2.75, 3.05) is 14.1 Å². The lowest BCUT2D eigenvalue weighted by Gasteiger charge is -2.31. The van der Waals surface area contributed by atoms with Crippen LogP contribution in [0.15, 0.2) is 0 Å². The predicted octanol–water partition coefficient (Wildman–Crippen LogP) is 1.68. The number of carboxylic acid groups (broad SMARTS) is 1. The molecule has 1 N–H and O–H groups in total. The van der Waals surface area contributed by atoms with Crippen LogP contribution < -0.4 is 0 Å². The molecule has 3 heteroatoms. The van der Waals surface area contributed by atoms with Crippen molar-refractivity contribution in [2.24, 2.45) is 11.8 Å². The van der Waals surface area contributed by atoms with Crippen molar-refractivity contribution in [1.29, 1.82) is 0 Å². The standard InChI is InChI=1S/C10H21NO2/c1-6-8(11(4)5)9(7(2)3)10(12)13/h7-9H,6H2,1-5H3,(H,12,13). The molecular formula is C10H21NO2. The molecule has 0 aromatic heterocycles. The molecular weight excluding hydrogens is 166 g/mol. The van der Waals surface area contributed by atoms with E-state index in [1.807, 2.05) is 39.8 Å². The third kappa shape index (κ3) is 3.35. The van der Waals surface area contributed by atoms with Crippen molar-refractivity contribution in [3.8, 4) is 0 Å². The number of carbonyl (C=O) groups is 1. The highest BCUT2D eigenvalue weighted by Gasteiger charge is 2.30. The van der Waals surface area contributed by atoms with Crippen molar-refractivity contribution in [3.05, 3.63) is 0 Å². The summed E-state index contributed by atoms with van der Waals surface area (Å²) in [6.07, 6.45) is 0.877. The molecule has 13 heavy (non-hydrogen) atoms. The maximum absolute atomic E-state index is 11.0. The Morgan fingerprint density at radius 1 is 1.38 bits per heavy atom. The Hall–Kier alpha value is -0.570. The summed E-state index contributed by atoms with van der Waals surface area (Å²) in [7, 11) is 3.87. The van der Waals surface area contributed by atoms with Gasteiger partial charge in [0.05, 0.1) is 5.92 Å². The van der Waals surface area contributed by atoms with E-state index in [9.17, 15) is 4.79 Å². The molecule has 2 atom stereocenters. The van der Waals surface area contributed by atoms with Gasteiger partial charge < -0.3 is 10.0 Å². The number of hydrogen-bond acceptors (Lipinski definition) is 2. The van der Waals surface area contributed by atoms with Crippen LogP contribution in [0, 0.1) is 11.8 Å². The van der Waals surface area contributed by atoms with Crippen LogP contribution in [-0.2, 0) is 4.79 Å². The van der Waals surface area contributed by atoms with Crippen LogP contribution >= 0.6 is 0 Å². The molecule has 0 aliphatic rings. The highest BCUT2D eigenvalue weighted by atomic mass is 16.4. The molecule has 3 nitrogen and oxygen atoms in total. The molecule has 0 rings (SSSR count). The van der Waals surface area contributed by atoms with Gasteiger partial charge in [-0.15, -0.1) is 0 Å². The largest absolute Gasteiger partial charge is 0.481 e. The number of rotatable bonds is 5. The molecule has 0 saturated carbocycles. The van der Waals surface area contributed by atoms with Crippen LogP contribution in [0.2, 0.25) is 0 Å². The van der Waals surface area contributed by atoms with Gasteiger partial charge in [-0.3, -0.25) is 4.79 Å². The molecule has 0 aromatic rings. The van der Waals surface area contributed by atoms with Crippen molar-refractivity contribution >= 4 is 5.97 Å².